The molecule has 0 spiro atoms. The lowest BCUT2D eigenvalue weighted by Gasteiger charge is -2.16. The molecule has 254 valence electrons. The van der Waals surface area contributed by atoms with Gasteiger partial charge in [-0.3, -0.25) is 10.1 Å². The highest BCUT2D eigenvalue weighted by atomic mass is 32.1. The second kappa shape index (κ2) is 24.1. The lowest BCUT2D eigenvalue weighted by atomic mass is 10.2. The van der Waals surface area contributed by atoms with Crippen molar-refractivity contribution in [3.8, 4) is 5.75 Å². The number of thiol groups is 2. The fourth-order valence-corrected chi connectivity index (χ4v) is 4.68. The number of rotatable bonds is 9. The lowest BCUT2D eigenvalue weighted by Crippen LogP contribution is -2.32. The van der Waals surface area contributed by atoms with Crippen LogP contribution in [0.2, 0.25) is 0 Å². The van der Waals surface area contributed by atoms with Crippen LogP contribution in [-0.2, 0) is 17.8 Å². The number of nitrogens with zero attached hydrogens (tertiary/aromatic N) is 5. The number of hydrogen-bond acceptors (Lipinski definition) is 6. The van der Waals surface area contributed by atoms with Crippen LogP contribution >= 0.6 is 49.7 Å². The highest BCUT2D eigenvalue weighted by Crippen LogP contribution is 2.13. The Kier molecular flexibility index (Phi) is 21.1. The van der Waals surface area contributed by atoms with Crippen molar-refractivity contribution in [1.29, 1.82) is 0 Å². The number of nitro benzene ring substituents is 1. The van der Waals surface area contributed by atoms with Crippen molar-refractivity contribution >= 4 is 69.8 Å². The Hall–Kier alpha value is -4.09. The van der Waals surface area contributed by atoms with Crippen LogP contribution in [0.3, 0.4) is 0 Å². The maximum Gasteiger partial charge on any atom is 0.269 e. The Morgan fingerprint density at radius 2 is 1.35 bits per heavy atom. The Bertz CT molecular complexity index is 1560. The number of ether oxygens (including phenoxy) is 2. The summed E-state index contributed by atoms with van der Waals surface area (Å²) >= 11 is 17.1. The molecule has 48 heavy (non-hydrogen) atoms. The molecule has 0 fully saturated rings. The fraction of sp³-hybridized carbons (Fsp3) is 0.286. The molecule has 2 aromatic carbocycles. The molecule has 0 saturated carbocycles. The first-order chi connectivity index (χ1) is 22.9. The van der Waals surface area contributed by atoms with E-state index in [9.17, 15) is 10.1 Å². The largest absolute Gasteiger partial charge is 0.497 e. The van der Waals surface area contributed by atoms with Crippen molar-refractivity contribution in [2.45, 2.75) is 46.9 Å². The van der Waals surface area contributed by atoms with Gasteiger partial charge in [-0.2, -0.15) is 0 Å². The Balaban J connectivity index is 0.000000345. The summed E-state index contributed by atoms with van der Waals surface area (Å²) in [6.45, 7) is 18.2. The monoisotopic (exact) mass is 725 g/mol. The SMILES string of the molecule is CC(C)OC(=S)S.CCN(CC)C(=S)S.COc1ccc(C[n+]2ccccc2)cc1.[C-]#[N+]c1cc[n+](Cc2ccc([N+](=O)[O-])cc2)cc1. The van der Waals surface area contributed by atoms with Gasteiger partial charge in [0.05, 0.1) is 24.7 Å². The summed E-state index contributed by atoms with van der Waals surface area (Å²) < 4.78 is 15.0. The molecule has 0 atom stereocenters. The maximum absolute atomic E-state index is 10.5. The second-order valence-corrected chi connectivity index (χ2v) is 12.2. The van der Waals surface area contributed by atoms with Crippen LogP contribution in [0.15, 0.2) is 104 Å². The summed E-state index contributed by atoms with van der Waals surface area (Å²) in [7, 11) is 1.68. The topological polar surface area (TPSA) is 77.0 Å². The van der Waals surface area contributed by atoms with Crippen LogP contribution in [0.1, 0.15) is 38.8 Å². The number of nitro groups is 1. The van der Waals surface area contributed by atoms with E-state index in [-0.39, 0.29) is 11.8 Å². The smallest absolute Gasteiger partial charge is 0.269 e. The zero-order chi connectivity index (χ0) is 35.9. The minimum Gasteiger partial charge on any atom is -0.497 e. The zero-order valence-electron chi connectivity index (χ0n) is 27.8. The van der Waals surface area contributed by atoms with E-state index in [0.717, 1.165) is 30.9 Å². The van der Waals surface area contributed by atoms with Gasteiger partial charge in [0.2, 0.25) is 4.38 Å². The molecule has 0 unspecified atom stereocenters. The van der Waals surface area contributed by atoms with Gasteiger partial charge in [-0.25, -0.2) is 14.0 Å². The molecular formula is C35H43N5O4S4+2. The van der Waals surface area contributed by atoms with E-state index in [4.69, 9.17) is 28.3 Å². The van der Waals surface area contributed by atoms with Crippen LogP contribution in [0.5, 0.6) is 5.75 Å². The summed E-state index contributed by atoms with van der Waals surface area (Å²) in [4.78, 5) is 15.4. The van der Waals surface area contributed by atoms with Crippen LogP contribution < -0.4 is 13.9 Å². The molecule has 9 nitrogen and oxygen atoms in total. The van der Waals surface area contributed by atoms with Gasteiger partial charge in [0.1, 0.15) is 10.1 Å². The maximum atomic E-state index is 10.5. The number of non-ortho nitro benzene ring substituents is 1. The van der Waals surface area contributed by atoms with Crippen molar-refractivity contribution < 1.29 is 23.5 Å². The molecule has 0 saturated heterocycles. The number of hydrogen-bond donors (Lipinski definition) is 2. The Morgan fingerprint density at radius 3 is 1.69 bits per heavy atom. The van der Waals surface area contributed by atoms with Crippen LogP contribution in [0, 0.1) is 16.7 Å². The fourth-order valence-electron chi connectivity index (χ4n) is 3.74. The molecular weight excluding hydrogens is 683 g/mol. The van der Waals surface area contributed by atoms with Gasteiger partial charge in [0.15, 0.2) is 43.6 Å². The highest BCUT2D eigenvalue weighted by molar-refractivity contribution is 8.11. The van der Waals surface area contributed by atoms with Crippen LogP contribution in [0.4, 0.5) is 11.4 Å². The standard InChI is InChI=1S/C13H10N3O2.C13H14NO.C5H11NS2.C4H8OS2/c1-14-12-6-8-15(9-7-12)10-11-2-4-13(5-3-11)16(17)18;1-15-13-7-5-12(6-8-13)11-14-9-3-2-4-10-14;1-3-6(4-2)5(7)8;1-3(2)5-4(6)7/h2-9H,10H2;2-10H,11H2,1H3;3-4H2,1-2H3,(H,7,8);3H,1-2H3,(H,6,7)/q2*+1;;. The van der Waals surface area contributed by atoms with Gasteiger partial charge in [0.25, 0.3) is 5.69 Å². The molecule has 0 amide bonds. The molecule has 0 aliphatic carbocycles. The van der Waals surface area contributed by atoms with E-state index in [1.54, 1.807) is 31.4 Å². The normalized spacial score (nSPS) is 9.56. The van der Waals surface area contributed by atoms with E-state index in [1.807, 2.05) is 66.0 Å². The number of aromatic nitrogens is 2. The lowest BCUT2D eigenvalue weighted by molar-refractivity contribution is -0.688. The minimum absolute atomic E-state index is 0.0899. The van der Waals surface area contributed by atoms with E-state index in [0.29, 0.717) is 20.9 Å². The molecule has 0 aliphatic rings. The summed E-state index contributed by atoms with van der Waals surface area (Å²) in [6.07, 6.45) is 7.91. The third kappa shape index (κ3) is 18.3. The summed E-state index contributed by atoms with van der Waals surface area (Å²) in [6, 6.07) is 24.1. The van der Waals surface area contributed by atoms with E-state index >= 15 is 0 Å². The van der Waals surface area contributed by atoms with Gasteiger partial charge in [-0.1, -0.05) is 30.9 Å². The van der Waals surface area contributed by atoms with Gasteiger partial charge >= 0.3 is 0 Å². The van der Waals surface area contributed by atoms with E-state index < -0.39 is 4.92 Å². The first-order valence-electron chi connectivity index (χ1n) is 15.0. The molecule has 0 aliphatic heterocycles. The Morgan fingerprint density at radius 1 is 0.875 bits per heavy atom. The molecule has 4 rings (SSSR count). The molecule has 2 aromatic heterocycles. The highest BCUT2D eigenvalue weighted by Gasteiger charge is 2.07. The van der Waals surface area contributed by atoms with Crippen molar-refractivity contribution in [2.24, 2.45) is 0 Å². The van der Waals surface area contributed by atoms with Crippen LogP contribution in [0.25, 0.3) is 4.85 Å². The predicted molar refractivity (Wildman–Crippen MR) is 206 cm³/mol. The average molecular weight is 726 g/mol. The van der Waals surface area contributed by atoms with Gasteiger partial charge in [-0.05, 0) is 76.3 Å². The molecule has 13 heteroatoms. The molecule has 0 radical (unpaired) electrons. The van der Waals surface area contributed by atoms with Crippen molar-refractivity contribution in [3.05, 3.63) is 136 Å². The molecule has 0 N–H and O–H groups in total. The first-order valence-corrected chi connectivity index (χ1v) is 16.7. The number of pyridine rings is 2. The van der Waals surface area contributed by atoms with Crippen LogP contribution in [-0.4, -0.2) is 44.8 Å². The second-order valence-electron chi connectivity index (χ2n) is 10.0. The van der Waals surface area contributed by atoms with Gasteiger partial charge < -0.3 is 14.4 Å². The summed E-state index contributed by atoms with van der Waals surface area (Å²) in [5.74, 6) is 0.900. The first kappa shape index (κ1) is 41.9. The average Bonchev–Trinajstić information content (AvgIpc) is 3.07. The van der Waals surface area contributed by atoms with Crippen molar-refractivity contribution in [1.82, 2.24) is 4.90 Å². The minimum atomic E-state index is -0.415. The van der Waals surface area contributed by atoms with Gasteiger partial charge in [-0.15, -0.1) is 12.6 Å². The molecule has 4 aromatic rings. The van der Waals surface area contributed by atoms with E-state index in [2.05, 4.69) is 85.3 Å². The number of methoxy groups -OCH3 is 1. The number of thiocarbonyl (C=S) groups is 2. The predicted octanol–water partition coefficient (Wildman–Crippen LogP) is 7.68. The van der Waals surface area contributed by atoms with Crippen molar-refractivity contribution in [3.63, 3.8) is 0 Å². The Labute approximate surface area is 305 Å². The van der Waals surface area contributed by atoms with Gasteiger partial charge in [0, 0.05) is 60.6 Å². The third-order valence-corrected chi connectivity index (χ3v) is 6.93. The quantitative estimate of drug-likeness (QED) is 0.0458. The summed E-state index contributed by atoms with van der Waals surface area (Å²) in [5, 5.41) is 10.5. The molecule has 0 bridgehead atoms. The molecule has 2 heterocycles. The third-order valence-electron chi connectivity index (χ3n) is 6.19. The summed E-state index contributed by atoms with van der Waals surface area (Å²) in [5.41, 5.74) is 2.93. The van der Waals surface area contributed by atoms with E-state index in [1.165, 1.54) is 17.7 Å². The van der Waals surface area contributed by atoms with Crippen molar-refractivity contribution in [2.75, 3.05) is 20.2 Å². The number of benzene rings is 2. The zero-order valence-corrected chi connectivity index (χ0v) is 31.2.